The van der Waals surface area contributed by atoms with Crippen molar-refractivity contribution < 1.29 is 4.74 Å². The fraction of sp³-hybridized carbons (Fsp3) is 0.500. The highest BCUT2D eigenvalue weighted by Gasteiger charge is 2.06. The first-order valence-electron chi connectivity index (χ1n) is 4.86. The highest BCUT2D eigenvalue weighted by Crippen LogP contribution is 2.31. The number of hydrogen-bond acceptors (Lipinski definition) is 2. The first-order chi connectivity index (χ1) is 6.54. The minimum absolute atomic E-state index is 0.627. The molecular weight excluding hydrogens is 192 g/mol. The Kier molecular flexibility index (Phi) is 3.87. The lowest BCUT2D eigenvalue weighted by atomic mass is 10.1. The number of benzene rings is 1. The Bertz CT molecular complexity index is 295. The van der Waals surface area contributed by atoms with E-state index in [2.05, 4.69) is 39.8 Å². The second-order valence-corrected chi connectivity index (χ2v) is 5.41. The van der Waals surface area contributed by atoms with Gasteiger partial charge in [-0.15, -0.1) is 11.8 Å². The van der Waals surface area contributed by atoms with Gasteiger partial charge >= 0.3 is 0 Å². The van der Waals surface area contributed by atoms with Crippen LogP contribution in [0.3, 0.4) is 0 Å². The SMILES string of the molecule is COc1c(C)cc(SC(C)C)cc1C. The van der Waals surface area contributed by atoms with Crippen molar-refractivity contribution in [2.24, 2.45) is 0 Å². The molecule has 0 unspecified atom stereocenters. The van der Waals surface area contributed by atoms with Gasteiger partial charge in [0.25, 0.3) is 0 Å². The zero-order valence-electron chi connectivity index (χ0n) is 9.55. The number of aryl methyl sites for hydroxylation is 2. The molecule has 1 aromatic carbocycles. The van der Waals surface area contributed by atoms with Gasteiger partial charge in [0.2, 0.25) is 0 Å². The third-order valence-electron chi connectivity index (χ3n) is 2.01. The lowest BCUT2D eigenvalue weighted by molar-refractivity contribution is 0.408. The van der Waals surface area contributed by atoms with Crippen LogP contribution in [-0.2, 0) is 0 Å². The first kappa shape index (κ1) is 11.4. The molecule has 0 aliphatic carbocycles. The van der Waals surface area contributed by atoms with Crippen molar-refractivity contribution in [1.82, 2.24) is 0 Å². The summed E-state index contributed by atoms with van der Waals surface area (Å²) in [5.74, 6) is 1.01. The molecule has 0 radical (unpaired) electrons. The predicted octanol–water partition coefficient (Wildman–Crippen LogP) is 3.81. The zero-order valence-corrected chi connectivity index (χ0v) is 10.4. The van der Waals surface area contributed by atoms with E-state index in [0.29, 0.717) is 5.25 Å². The largest absolute Gasteiger partial charge is 0.496 e. The van der Waals surface area contributed by atoms with Crippen LogP contribution in [0.15, 0.2) is 17.0 Å². The van der Waals surface area contributed by atoms with E-state index in [9.17, 15) is 0 Å². The molecule has 78 valence electrons. The van der Waals surface area contributed by atoms with Crippen LogP contribution in [0.1, 0.15) is 25.0 Å². The second kappa shape index (κ2) is 4.74. The van der Waals surface area contributed by atoms with Crippen molar-refractivity contribution in [3.05, 3.63) is 23.3 Å². The van der Waals surface area contributed by atoms with Crippen molar-refractivity contribution in [3.8, 4) is 5.75 Å². The fourth-order valence-corrected chi connectivity index (χ4v) is 2.61. The number of rotatable bonds is 3. The molecule has 0 aromatic heterocycles. The summed E-state index contributed by atoms with van der Waals surface area (Å²) in [6.07, 6.45) is 0. The fourth-order valence-electron chi connectivity index (χ4n) is 1.57. The molecule has 0 fully saturated rings. The van der Waals surface area contributed by atoms with Gasteiger partial charge in [-0.25, -0.2) is 0 Å². The molecule has 0 aliphatic rings. The van der Waals surface area contributed by atoms with Crippen LogP contribution in [0.25, 0.3) is 0 Å². The van der Waals surface area contributed by atoms with Crippen LogP contribution in [0.2, 0.25) is 0 Å². The van der Waals surface area contributed by atoms with Gasteiger partial charge in [0, 0.05) is 10.1 Å². The Labute approximate surface area is 90.9 Å². The van der Waals surface area contributed by atoms with E-state index in [1.165, 1.54) is 16.0 Å². The number of hydrogen-bond donors (Lipinski definition) is 0. The third-order valence-corrected chi connectivity index (χ3v) is 2.99. The van der Waals surface area contributed by atoms with Gasteiger partial charge in [-0.2, -0.15) is 0 Å². The lowest BCUT2D eigenvalue weighted by Gasteiger charge is -2.12. The molecule has 0 saturated heterocycles. The molecule has 0 bridgehead atoms. The number of ether oxygens (including phenoxy) is 1. The number of methoxy groups -OCH3 is 1. The van der Waals surface area contributed by atoms with E-state index < -0.39 is 0 Å². The average molecular weight is 210 g/mol. The monoisotopic (exact) mass is 210 g/mol. The Hall–Kier alpha value is -0.630. The Morgan fingerprint density at radius 1 is 1.14 bits per heavy atom. The van der Waals surface area contributed by atoms with Gasteiger partial charge in [0.05, 0.1) is 7.11 Å². The highest BCUT2D eigenvalue weighted by molar-refractivity contribution is 7.99. The molecule has 1 nitrogen and oxygen atoms in total. The summed E-state index contributed by atoms with van der Waals surface area (Å²) in [6.45, 7) is 8.60. The second-order valence-electron chi connectivity index (χ2n) is 3.76. The van der Waals surface area contributed by atoms with Gasteiger partial charge in [0.1, 0.15) is 5.75 Å². The van der Waals surface area contributed by atoms with E-state index in [-0.39, 0.29) is 0 Å². The van der Waals surface area contributed by atoms with E-state index in [1.54, 1.807) is 7.11 Å². The molecule has 14 heavy (non-hydrogen) atoms. The highest BCUT2D eigenvalue weighted by atomic mass is 32.2. The summed E-state index contributed by atoms with van der Waals surface area (Å²) in [6, 6.07) is 4.38. The van der Waals surface area contributed by atoms with Crippen molar-refractivity contribution >= 4 is 11.8 Å². The van der Waals surface area contributed by atoms with Crippen molar-refractivity contribution in [2.75, 3.05) is 7.11 Å². The average Bonchev–Trinajstić information content (AvgIpc) is 2.01. The maximum atomic E-state index is 5.33. The minimum Gasteiger partial charge on any atom is -0.496 e. The summed E-state index contributed by atoms with van der Waals surface area (Å²) in [4.78, 5) is 1.33. The van der Waals surface area contributed by atoms with Crippen LogP contribution < -0.4 is 4.74 Å². The molecule has 2 heteroatoms. The van der Waals surface area contributed by atoms with Gasteiger partial charge in [-0.05, 0) is 37.1 Å². The molecule has 0 amide bonds. The smallest absolute Gasteiger partial charge is 0.124 e. The number of thioether (sulfide) groups is 1. The Balaban J connectivity index is 3.01. The minimum atomic E-state index is 0.627. The molecule has 0 saturated carbocycles. The van der Waals surface area contributed by atoms with Gasteiger partial charge in [0.15, 0.2) is 0 Å². The standard InChI is InChI=1S/C12H18OS/c1-8(2)14-11-6-9(3)12(13-5)10(4)7-11/h6-8H,1-5H3. The topological polar surface area (TPSA) is 9.23 Å². The molecule has 1 aromatic rings. The van der Waals surface area contributed by atoms with E-state index >= 15 is 0 Å². The summed E-state index contributed by atoms with van der Waals surface area (Å²) in [5, 5.41) is 0.627. The van der Waals surface area contributed by atoms with E-state index in [0.717, 1.165) is 5.75 Å². The predicted molar refractivity (Wildman–Crippen MR) is 63.5 cm³/mol. The van der Waals surface area contributed by atoms with Gasteiger partial charge in [-0.3, -0.25) is 0 Å². The van der Waals surface area contributed by atoms with Crippen LogP contribution >= 0.6 is 11.8 Å². The molecule has 0 aliphatic heterocycles. The third kappa shape index (κ3) is 2.68. The summed E-state index contributed by atoms with van der Waals surface area (Å²) < 4.78 is 5.33. The van der Waals surface area contributed by atoms with Gasteiger partial charge in [-0.1, -0.05) is 13.8 Å². The lowest BCUT2D eigenvalue weighted by Crippen LogP contribution is -1.93. The van der Waals surface area contributed by atoms with E-state index in [1.807, 2.05) is 11.8 Å². The van der Waals surface area contributed by atoms with Crippen molar-refractivity contribution in [3.63, 3.8) is 0 Å². The summed E-state index contributed by atoms with van der Waals surface area (Å²) >= 11 is 1.89. The normalized spacial score (nSPS) is 10.7. The first-order valence-corrected chi connectivity index (χ1v) is 5.74. The molecule has 0 atom stereocenters. The molecular formula is C12H18OS. The molecule has 0 heterocycles. The van der Waals surface area contributed by atoms with Gasteiger partial charge < -0.3 is 4.74 Å². The van der Waals surface area contributed by atoms with Crippen LogP contribution in [0, 0.1) is 13.8 Å². The van der Waals surface area contributed by atoms with Crippen LogP contribution in [0.4, 0.5) is 0 Å². The molecule has 1 rings (SSSR count). The van der Waals surface area contributed by atoms with Crippen LogP contribution in [-0.4, -0.2) is 12.4 Å². The summed E-state index contributed by atoms with van der Waals surface area (Å²) in [7, 11) is 1.73. The zero-order chi connectivity index (χ0) is 10.7. The Morgan fingerprint density at radius 3 is 2.00 bits per heavy atom. The molecule has 0 spiro atoms. The van der Waals surface area contributed by atoms with E-state index in [4.69, 9.17) is 4.74 Å². The summed E-state index contributed by atoms with van der Waals surface area (Å²) in [5.41, 5.74) is 2.44. The maximum absolute atomic E-state index is 5.33. The maximum Gasteiger partial charge on any atom is 0.124 e. The Morgan fingerprint density at radius 2 is 1.64 bits per heavy atom. The van der Waals surface area contributed by atoms with Crippen LogP contribution in [0.5, 0.6) is 5.75 Å². The van der Waals surface area contributed by atoms with Crippen molar-refractivity contribution in [2.45, 2.75) is 37.8 Å². The quantitative estimate of drug-likeness (QED) is 0.702. The van der Waals surface area contributed by atoms with Crippen molar-refractivity contribution in [1.29, 1.82) is 0 Å². The molecule has 0 N–H and O–H groups in total.